The fourth-order valence-corrected chi connectivity index (χ4v) is 0.645. The molecule has 0 saturated heterocycles. The number of nitrogens with one attached hydrogen (secondary N) is 2. The second kappa shape index (κ2) is 26.4. The van der Waals surface area contributed by atoms with Crippen LogP contribution >= 0.6 is 0 Å². The number of rotatable bonds is 0. The molecule has 0 aromatic heterocycles. The second-order valence-electron chi connectivity index (χ2n) is 2.96. The van der Waals surface area contributed by atoms with Gasteiger partial charge in [0.2, 0.25) is 0 Å². The van der Waals surface area contributed by atoms with Gasteiger partial charge in [0.05, 0.1) is 25.8 Å². The van der Waals surface area contributed by atoms with Gasteiger partial charge in [-0.1, -0.05) is 0 Å². The van der Waals surface area contributed by atoms with Crippen molar-refractivity contribution in [2.75, 3.05) is 39.4 Å². The Hall–Kier alpha value is -1.20. The van der Waals surface area contributed by atoms with Crippen molar-refractivity contribution in [3.05, 3.63) is 0 Å². The first-order valence-corrected chi connectivity index (χ1v) is 6.25. The SMILES string of the molecule is C1=NCCN1.C1=NCCN1.CCO.CCO.OB(O)O. The van der Waals surface area contributed by atoms with Gasteiger partial charge in [0.25, 0.3) is 0 Å². The van der Waals surface area contributed by atoms with Crippen molar-refractivity contribution in [1.82, 2.24) is 10.6 Å². The normalized spacial score (nSPS) is 12.8. The lowest BCUT2D eigenvalue weighted by atomic mass is 10.3. The molecule has 2 aliphatic heterocycles. The minimum Gasteiger partial charge on any atom is -0.402 e. The molecular weight excluding hydrogens is 267 g/mol. The van der Waals surface area contributed by atoms with Gasteiger partial charge in [-0.15, -0.1) is 0 Å². The lowest BCUT2D eigenvalue weighted by molar-refractivity contribution is 0.278. The Kier molecular flexibility index (Phi) is 31.5. The summed E-state index contributed by atoms with van der Waals surface area (Å²) in [5.41, 5.74) is 0. The van der Waals surface area contributed by atoms with Gasteiger partial charge in [-0.25, -0.2) is 0 Å². The predicted octanol–water partition coefficient (Wildman–Crippen LogP) is -2.82. The molecule has 0 amide bonds. The largest absolute Gasteiger partial charge is 0.631 e. The van der Waals surface area contributed by atoms with E-state index in [0.29, 0.717) is 0 Å². The van der Waals surface area contributed by atoms with E-state index in [1.54, 1.807) is 26.5 Å². The molecule has 2 rings (SSSR count). The molecule has 7 N–H and O–H groups in total. The molecule has 120 valence electrons. The standard InChI is InChI=1S/2C3H6N2.2C2H6O.BH3O3/c2*1-2-5-3-4-1;2*1-2-3;2-1(3)4/h2*3H,1-2H2,(H,4,5);2*3H,2H2,1H3;2-4H. The van der Waals surface area contributed by atoms with E-state index in [-0.39, 0.29) is 13.2 Å². The Balaban J connectivity index is -0.000000185. The molecule has 0 saturated carbocycles. The highest BCUT2D eigenvalue weighted by Crippen LogP contribution is 1.69. The third-order valence-electron chi connectivity index (χ3n) is 1.14. The number of hydrogen-bond donors (Lipinski definition) is 7. The first kappa shape index (κ1) is 23.9. The minimum absolute atomic E-state index is 0.250. The number of aliphatic imine (C=N–C) groups is 2. The first-order chi connectivity index (χ1) is 9.56. The van der Waals surface area contributed by atoms with Gasteiger partial charge in [0.15, 0.2) is 0 Å². The lowest BCUT2D eigenvalue weighted by Crippen LogP contribution is -2.07. The zero-order valence-corrected chi connectivity index (χ0v) is 12.1. The summed E-state index contributed by atoms with van der Waals surface area (Å²) in [6.45, 7) is 7.83. The summed E-state index contributed by atoms with van der Waals surface area (Å²) >= 11 is 0. The zero-order chi connectivity index (χ0) is 16.1. The minimum atomic E-state index is -2.17. The average molecular weight is 294 g/mol. The van der Waals surface area contributed by atoms with Gasteiger partial charge >= 0.3 is 7.32 Å². The van der Waals surface area contributed by atoms with Crippen LogP contribution in [0, 0.1) is 0 Å². The highest BCUT2D eigenvalue weighted by atomic mass is 16.5. The van der Waals surface area contributed by atoms with Crippen molar-refractivity contribution in [1.29, 1.82) is 0 Å². The van der Waals surface area contributed by atoms with E-state index in [2.05, 4.69) is 20.6 Å². The molecule has 0 aliphatic carbocycles. The fraction of sp³-hybridized carbons (Fsp3) is 0.800. The van der Waals surface area contributed by atoms with Crippen LogP contribution in [0.1, 0.15) is 13.8 Å². The van der Waals surface area contributed by atoms with E-state index in [4.69, 9.17) is 25.3 Å². The smallest absolute Gasteiger partial charge is 0.402 e. The van der Waals surface area contributed by atoms with Crippen molar-refractivity contribution in [3.8, 4) is 0 Å². The molecular formula is C10H27BN4O5. The highest BCUT2D eigenvalue weighted by molar-refractivity contribution is 6.30. The summed E-state index contributed by atoms with van der Waals surface area (Å²) in [4.78, 5) is 7.69. The summed E-state index contributed by atoms with van der Waals surface area (Å²) in [7, 11) is -2.17. The van der Waals surface area contributed by atoms with Crippen molar-refractivity contribution in [2.45, 2.75) is 13.8 Å². The fourth-order valence-electron chi connectivity index (χ4n) is 0.645. The maximum absolute atomic E-state index is 7.57. The van der Waals surface area contributed by atoms with E-state index in [9.17, 15) is 0 Å². The third kappa shape index (κ3) is 54.1. The van der Waals surface area contributed by atoms with E-state index >= 15 is 0 Å². The molecule has 0 spiro atoms. The number of aliphatic hydroxyl groups excluding tert-OH is 2. The molecule has 9 nitrogen and oxygen atoms in total. The Morgan fingerprint density at radius 1 is 0.900 bits per heavy atom. The monoisotopic (exact) mass is 294 g/mol. The number of aliphatic hydroxyl groups is 2. The summed E-state index contributed by atoms with van der Waals surface area (Å²) < 4.78 is 0. The summed E-state index contributed by atoms with van der Waals surface area (Å²) in [6, 6.07) is 0. The Labute approximate surface area is 120 Å². The zero-order valence-electron chi connectivity index (χ0n) is 12.1. The van der Waals surface area contributed by atoms with Crippen molar-refractivity contribution in [2.24, 2.45) is 9.98 Å². The van der Waals surface area contributed by atoms with Crippen LogP contribution < -0.4 is 10.6 Å². The summed E-state index contributed by atoms with van der Waals surface area (Å²) in [5, 5.41) is 42.5. The molecule has 0 aromatic rings. The van der Waals surface area contributed by atoms with Crippen LogP contribution in [-0.2, 0) is 0 Å². The molecule has 20 heavy (non-hydrogen) atoms. The van der Waals surface area contributed by atoms with Gasteiger partial charge in [0.1, 0.15) is 0 Å². The molecule has 0 bridgehead atoms. The Morgan fingerprint density at radius 2 is 1.15 bits per heavy atom. The lowest BCUT2D eigenvalue weighted by Gasteiger charge is -1.75. The first-order valence-electron chi connectivity index (χ1n) is 6.25. The van der Waals surface area contributed by atoms with Crippen molar-refractivity contribution in [3.63, 3.8) is 0 Å². The van der Waals surface area contributed by atoms with Crippen LogP contribution in [0.15, 0.2) is 9.98 Å². The van der Waals surface area contributed by atoms with Crippen LogP contribution in [0.5, 0.6) is 0 Å². The molecule has 10 heteroatoms. The second-order valence-corrected chi connectivity index (χ2v) is 2.96. The van der Waals surface area contributed by atoms with E-state index in [1.807, 2.05) is 0 Å². The highest BCUT2D eigenvalue weighted by Gasteiger charge is 1.92. The average Bonchev–Trinajstić information content (AvgIpc) is 3.10. The van der Waals surface area contributed by atoms with Crippen LogP contribution in [0.4, 0.5) is 0 Å². The quantitative estimate of drug-likeness (QED) is 0.238. The summed E-state index contributed by atoms with van der Waals surface area (Å²) in [6.07, 6.45) is 3.47. The third-order valence-corrected chi connectivity index (χ3v) is 1.14. The number of nitrogens with zero attached hydrogens (tertiary/aromatic N) is 2. The molecule has 0 radical (unpaired) electrons. The van der Waals surface area contributed by atoms with Gasteiger partial charge in [0, 0.05) is 26.3 Å². The van der Waals surface area contributed by atoms with Gasteiger partial charge in [-0.2, -0.15) is 0 Å². The van der Waals surface area contributed by atoms with Crippen molar-refractivity contribution < 1.29 is 25.3 Å². The molecule has 0 atom stereocenters. The number of hydrogen-bond acceptors (Lipinski definition) is 9. The summed E-state index contributed by atoms with van der Waals surface area (Å²) in [5.74, 6) is 0. The maximum Gasteiger partial charge on any atom is 0.631 e. The molecule has 0 unspecified atom stereocenters. The van der Waals surface area contributed by atoms with Crippen LogP contribution in [0.25, 0.3) is 0 Å². The molecule has 0 fully saturated rings. The predicted molar refractivity (Wildman–Crippen MR) is 80.7 cm³/mol. The van der Waals surface area contributed by atoms with Crippen LogP contribution in [-0.4, -0.2) is 84.7 Å². The maximum atomic E-state index is 7.57. The molecule has 2 heterocycles. The van der Waals surface area contributed by atoms with E-state index in [1.165, 1.54) is 0 Å². The van der Waals surface area contributed by atoms with E-state index in [0.717, 1.165) is 26.2 Å². The molecule has 0 aromatic carbocycles. The van der Waals surface area contributed by atoms with Gasteiger partial charge in [-0.3, -0.25) is 9.98 Å². The Morgan fingerprint density at radius 3 is 1.20 bits per heavy atom. The van der Waals surface area contributed by atoms with Crippen LogP contribution in [0.2, 0.25) is 0 Å². The molecule has 2 aliphatic rings. The Bertz CT molecular complexity index is 175. The van der Waals surface area contributed by atoms with Gasteiger partial charge in [-0.05, 0) is 13.8 Å². The van der Waals surface area contributed by atoms with Crippen LogP contribution in [0.3, 0.4) is 0 Å². The van der Waals surface area contributed by atoms with E-state index < -0.39 is 7.32 Å². The van der Waals surface area contributed by atoms with Crippen molar-refractivity contribution >= 4 is 20.0 Å². The van der Waals surface area contributed by atoms with Gasteiger partial charge < -0.3 is 35.9 Å². The topological polar surface area (TPSA) is 150 Å².